The van der Waals surface area contributed by atoms with E-state index in [4.69, 9.17) is 11.5 Å². The van der Waals surface area contributed by atoms with Crippen molar-refractivity contribution in [2.75, 3.05) is 17.2 Å². The van der Waals surface area contributed by atoms with Gasteiger partial charge in [-0.05, 0) is 37.5 Å². The normalized spacial score (nSPS) is 19.2. The number of amides is 1. The summed E-state index contributed by atoms with van der Waals surface area (Å²) in [6.07, 6.45) is 2.45. The summed E-state index contributed by atoms with van der Waals surface area (Å²) in [6, 6.07) is 4.12. The van der Waals surface area contributed by atoms with Gasteiger partial charge in [0.2, 0.25) is 5.91 Å². The molecular weight excluding hydrogens is 246 g/mol. The van der Waals surface area contributed by atoms with E-state index >= 15 is 0 Å². The summed E-state index contributed by atoms with van der Waals surface area (Å²) in [5.41, 5.74) is 12.2. The molecule has 0 aliphatic carbocycles. The highest BCUT2D eigenvalue weighted by molar-refractivity contribution is 5.96. The van der Waals surface area contributed by atoms with Crippen LogP contribution in [0.3, 0.4) is 0 Å². The molecule has 0 saturated carbocycles. The molecule has 102 valence electrons. The quantitative estimate of drug-likeness (QED) is 0.699. The molecule has 1 aromatic rings. The molecule has 6 nitrogen and oxygen atoms in total. The first kappa shape index (κ1) is 13.2. The number of piperidine rings is 1. The number of rotatable bonds is 3. The second-order valence-electron chi connectivity index (χ2n) is 4.69. The van der Waals surface area contributed by atoms with Crippen LogP contribution < -0.4 is 16.4 Å². The molecule has 1 aliphatic rings. The number of aromatic carboxylic acids is 1. The number of anilines is 2. The Labute approximate surface area is 111 Å². The first-order valence-electron chi connectivity index (χ1n) is 6.19. The predicted molar refractivity (Wildman–Crippen MR) is 72.0 cm³/mol. The highest BCUT2D eigenvalue weighted by atomic mass is 16.4. The summed E-state index contributed by atoms with van der Waals surface area (Å²) in [5.74, 6) is -1.47. The molecule has 1 unspecified atom stereocenters. The molecule has 2 rings (SSSR count). The number of nitrogen functional groups attached to an aromatic ring is 1. The van der Waals surface area contributed by atoms with E-state index in [1.807, 2.05) is 0 Å². The fourth-order valence-corrected chi connectivity index (χ4v) is 2.48. The second kappa shape index (κ2) is 5.17. The molecule has 0 aromatic heterocycles. The molecule has 19 heavy (non-hydrogen) atoms. The van der Waals surface area contributed by atoms with Crippen molar-refractivity contribution in [3.63, 3.8) is 0 Å². The third kappa shape index (κ3) is 2.62. The van der Waals surface area contributed by atoms with E-state index in [2.05, 4.69) is 0 Å². The van der Waals surface area contributed by atoms with Crippen molar-refractivity contribution in [3.8, 4) is 0 Å². The maximum atomic E-state index is 11.5. The minimum Gasteiger partial charge on any atom is -0.478 e. The number of benzene rings is 1. The molecule has 1 heterocycles. The van der Waals surface area contributed by atoms with E-state index in [1.165, 1.54) is 12.1 Å². The average Bonchev–Trinajstić information content (AvgIpc) is 2.38. The van der Waals surface area contributed by atoms with Gasteiger partial charge < -0.3 is 21.5 Å². The van der Waals surface area contributed by atoms with Gasteiger partial charge >= 0.3 is 5.97 Å². The molecule has 1 aromatic carbocycles. The Morgan fingerprint density at radius 1 is 1.32 bits per heavy atom. The van der Waals surface area contributed by atoms with Crippen LogP contribution in [0, 0.1) is 0 Å². The van der Waals surface area contributed by atoms with E-state index < -0.39 is 17.9 Å². The Kier molecular flexibility index (Phi) is 3.59. The molecule has 1 fully saturated rings. The van der Waals surface area contributed by atoms with Gasteiger partial charge in [-0.3, -0.25) is 4.79 Å². The molecule has 1 amide bonds. The van der Waals surface area contributed by atoms with Crippen molar-refractivity contribution in [2.45, 2.75) is 25.3 Å². The van der Waals surface area contributed by atoms with Crippen molar-refractivity contribution >= 4 is 23.3 Å². The number of nitrogens with zero attached hydrogens (tertiary/aromatic N) is 1. The van der Waals surface area contributed by atoms with Crippen LogP contribution in [-0.2, 0) is 4.79 Å². The Hall–Kier alpha value is -2.24. The van der Waals surface area contributed by atoms with E-state index in [9.17, 15) is 14.7 Å². The number of carbonyl (C=O) groups excluding carboxylic acids is 1. The minimum atomic E-state index is -1.04. The first-order valence-corrected chi connectivity index (χ1v) is 6.19. The monoisotopic (exact) mass is 263 g/mol. The zero-order chi connectivity index (χ0) is 14.0. The molecule has 1 aliphatic heterocycles. The molecule has 1 atom stereocenters. The van der Waals surface area contributed by atoms with Crippen LogP contribution in [0.1, 0.15) is 29.6 Å². The molecule has 0 spiro atoms. The fourth-order valence-electron chi connectivity index (χ4n) is 2.48. The number of primary amides is 1. The standard InChI is InChI=1S/C13H17N3O3/c14-8-4-5-9(13(18)19)11(7-8)16-6-2-1-3-10(16)12(15)17/h4-5,7,10H,1-3,6,14H2,(H2,15,17)(H,18,19). The Balaban J connectivity index is 2.46. The van der Waals surface area contributed by atoms with Gasteiger partial charge in [-0.15, -0.1) is 0 Å². The Morgan fingerprint density at radius 3 is 2.68 bits per heavy atom. The van der Waals surface area contributed by atoms with Crippen LogP contribution in [0.4, 0.5) is 11.4 Å². The zero-order valence-corrected chi connectivity index (χ0v) is 10.5. The lowest BCUT2D eigenvalue weighted by molar-refractivity contribution is -0.119. The lowest BCUT2D eigenvalue weighted by atomic mass is 9.99. The van der Waals surface area contributed by atoms with Crippen molar-refractivity contribution < 1.29 is 14.7 Å². The summed E-state index contributed by atoms with van der Waals surface area (Å²) < 4.78 is 0. The average molecular weight is 263 g/mol. The largest absolute Gasteiger partial charge is 0.478 e. The lowest BCUT2D eigenvalue weighted by Crippen LogP contribution is -2.48. The van der Waals surface area contributed by atoms with Crippen LogP contribution in [0.15, 0.2) is 18.2 Å². The number of hydrogen-bond acceptors (Lipinski definition) is 4. The maximum absolute atomic E-state index is 11.5. The summed E-state index contributed by atoms with van der Waals surface area (Å²) in [6.45, 7) is 0.608. The smallest absolute Gasteiger partial charge is 0.337 e. The van der Waals surface area contributed by atoms with Crippen molar-refractivity contribution in [2.24, 2.45) is 5.73 Å². The van der Waals surface area contributed by atoms with Gasteiger partial charge in [0.1, 0.15) is 6.04 Å². The van der Waals surface area contributed by atoms with Gasteiger partial charge in [-0.2, -0.15) is 0 Å². The van der Waals surface area contributed by atoms with Crippen molar-refractivity contribution in [1.82, 2.24) is 0 Å². The number of hydrogen-bond donors (Lipinski definition) is 3. The highest BCUT2D eigenvalue weighted by Gasteiger charge is 2.29. The van der Waals surface area contributed by atoms with Gasteiger partial charge in [-0.1, -0.05) is 0 Å². The van der Waals surface area contributed by atoms with E-state index in [1.54, 1.807) is 11.0 Å². The number of carbonyl (C=O) groups is 2. The van der Waals surface area contributed by atoms with Crippen LogP contribution >= 0.6 is 0 Å². The number of carboxylic acids is 1. The van der Waals surface area contributed by atoms with Crippen LogP contribution in [0.25, 0.3) is 0 Å². The lowest BCUT2D eigenvalue weighted by Gasteiger charge is -2.36. The second-order valence-corrected chi connectivity index (χ2v) is 4.69. The van der Waals surface area contributed by atoms with E-state index in [-0.39, 0.29) is 5.56 Å². The maximum Gasteiger partial charge on any atom is 0.337 e. The summed E-state index contributed by atoms with van der Waals surface area (Å²) in [5, 5.41) is 9.23. The van der Waals surface area contributed by atoms with Gasteiger partial charge in [0, 0.05) is 12.2 Å². The van der Waals surface area contributed by atoms with E-state index in [0.717, 1.165) is 12.8 Å². The van der Waals surface area contributed by atoms with Gasteiger partial charge in [-0.25, -0.2) is 4.79 Å². The third-order valence-corrected chi connectivity index (χ3v) is 3.39. The minimum absolute atomic E-state index is 0.141. The van der Waals surface area contributed by atoms with Gasteiger partial charge in [0.25, 0.3) is 0 Å². The fraction of sp³-hybridized carbons (Fsp3) is 0.385. The number of carboxylic acid groups (broad SMARTS) is 1. The summed E-state index contributed by atoms with van der Waals surface area (Å²) in [4.78, 5) is 24.5. The summed E-state index contributed by atoms with van der Waals surface area (Å²) >= 11 is 0. The highest BCUT2D eigenvalue weighted by Crippen LogP contribution is 2.29. The molecule has 0 bridgehead atoms. The Bertz CT molecular complexity index is 516. The van der Waals surface area contributed by atoms with Crippen LogP contribution in [-0.4, -0.2) is 29.6 Å². The predicted octanol–water partition coefficient (Wildman–Crippen LogP) is 0.811. The Morgan fingerprint density at radius 2 is 2.05 bits per heavy atom. The molecule has 6 heteroatoms. The van der Waals surface area contributed by atoms with Gasteiger partial charge in [0.15, 0.2) is 0 Å². The molecule has 0 radical (unpaired) electrons. The topological polar surface area (TPSA) is 110 Å². The third-order valence-electron chi connectivity index (χ3n) is 3.39. The van der Waals surface area contributed by atoms with E-state index in [0.29, 0.717) is 24.3 Å². The van der Waals surface area contributed by atoms with Crippen molar-refractivity contribution in [3.05, 3.63) is 23.8 Å². The van der Waals surface area contributed by atoms with Gasteiger partial charge in [0.05, 0.1) is 11.3 Å². The first-order chi connectivity index (χ1) is 9.00. The molecule has 1 saturated heterocycles. The summed E-state index contributed by atoms with van der Waals surface area (Å²) in [7, 11) is 0. The van der Waals surface area contributed by atoms with Crippen LogP contribution in [0.2, 0.25) is 0 Å². The number of nitrogens with two attached hydrogens (primary N) is 2. The van der Waals surface area contributed by atoms with Crippen molar-refractivity contribution in [1.29, 1.82) is 0 Å². The van der Waals surface area contributed by atoms with Crippen LogP contribution in [0.5, 0.6) is 0 Å². The SMILES string of the molecule is NC(=O)C1CCCCN1c1cc(N)ccc1C(=O)O. The molecular formula is C13H17N3O3. The zero-order valence-electron chi connectivity index (χ0n) is 10.5. The molecule has 5 N–H and O–H groups in total.